The van der Waals surface area contributed by atoms with Crippen LogP contribution >= 0.6 is 0 Å². The van der Waals surface area contributed by atoms with E-state index in [0.717, 1.165) is 14.1 Å². The minimum Gasteiger partial charge on any atom is -0.369 e. The van der Waals surface area contributed by atoms with Gasteiger partial charge in [0.1, 0.15) is 0 Å². The van der Waals surface area contributed by atoms with Crippen LogP contribution in [0, 0.1) is 0 Å². The summed E-state index contributed by atoms with van der Waals surface area (Å²) in [5, 5.41) is 23.6. The normalized spacial score (nSPS) is 33.1. The lowest BCUT2D eigenvalue weighted by Crippen LogP contribution is -2.84. The highest BCUT2D eigenvalue weighted by molar-refractivity contribution is 6.32. The van der Waals surface area contributed by atoms with E-state index in [1.807, 2.05) is 0 Å². The predicted molar refractivity (Wildman–Crippen MR) is 62.5 cm³/mol. The van der Waals surface area contributed by atoms with Crippen LogP contribution in [0.3, 0.4) is 0 Å². The van der Waals surface area contributed by atoms with Gasteiger partial charge in [-0.05, 0) is 0 Å². The Kier molecular flexibility index (Phi) is 3.05. The lowest BCUT2D eigenvalue weighted by Gasteiger charge is -2.44. The molecule has 2 rings (SSSR count). The molecule has 2 atom stereocenters. The van der Waals surface area contributed by atoms with E-state index >= 15 is 0 Å². The number of carbonyl (C=O) groups is 6. The van der Waals surface area contributed by atoms with Gasteiger partial charge in [-0.3, -0.25) is 39.6 Å². The van der Waals surface area contributed by atoms with Crippen molar-refractivity contribution >= 4 is 35.7 Å². The number of barbiturate groups is 2. The van der Waals surface area contributed by atoms with Gasteiger partial charge in [-0.25, -0.2) is 9.59 Å². The van der Waals surface area contributed by atoms with Crippen molar-refractivity contribution in [2.45, 2.75) is 11.2 Å². The van der Waals surface area contributed by atoms with E-state index < -0.39 is 46.9 Å². The number of urea groups is 2. The highest BCUT2D eigenvalue weighted by atomic mass is 16.4. The molecule has 4 N–H and O–H groups in total. The molecular weight excluding hydrogens is 304 g/mol. The van der Waals surface area contributed by atoms with Crippen LogP contribution in [0.15, 0.2) is 0 Å². The molecule has 22 heavy (non-hydrogen) atoms. The summed E-state index contributed by atoms with van der Waals surface area (Å²) in [6.45, 7) is 0. The molecular formula is C10H10N4O8. The third-order valence-electron chi connectivity index (χ3n) is 3.46. The van der Waals surface area contributed by atoms with Gasteiger partial charge in [0.15, 0.2) is 0 Å². The van der Waals surface area contributed by atoms with Crippen LogP contribution in [0.4, 0.5) is 9.59 Å². The van der Waals surface area contributed by atoms with Gasteiger partial charge in [-0.15, -0.1) is 0 Å². The molecule has 0 saturated carbocycles. The van der Waals surface area contributed by atoms with E-state index in [1.165, 1.54) is 10.6 Å². The maximum absolute atomic E-state index is 12.1. The molecule has 12 nitrogen and oxygen atoms in total. The summed E-state index contributed by atoms with van der Waals surface area (Å²) in [7, 11) is 1.69. The Hall–Kier alpha value is -2.86. The summed E-state index contributed by atoms with van der Waals surface area (Å²) < 4.78 is 0. The highest BCUT2D eigenvalue weighted by Gasteiger charge is 2.74. The van der Waals surface area contributed by atoms with Gasteiger partial charge in [0, 0.05) is 14.1 Å². The molecule has 0 bridgehead atoms. The number of likely N-dealkylation sites (N-methyl/N-ethyl adjacent to an activating group) is 2. The molecule has 0 aromatic heterocycles. The topological polar surface area (TPSA) is 173 Å². The van der Waals surface area contributed by atoms with Crippen molar-refractivity contribution < 1.29 is 39.0 Å². The highest BCUT2D eigenvalue weighted by Crippen LogP contribution is 2.31. The molecule has 0 radical (unpaired) electrons. The van der Waals surface area contributed by atoms with E-state index in [-0.39, 0.29) is 9.80 Å². The minimum absolute atomic E-state index is 0.205. The first kappa shape index (κ1) is 15.5. The second-order valence-corrected chi connectivity index (χ2v) is 4.67. The molecule has 0 aromatic carbocycles. The zero-order valence-electron chi connectivity index (χ0n) is 11.2. The third-order valence-corrected chi connectivity index (χ3v) is 3.46. The fraction of sp³-hybridized carbons (Fsp3) is 0.400. The zero-order valence-corrected chi connectivity index (χ0v) is 11.2. The van der Waals surface area contributed by atoms with E-state index in [1.54, 1.807) is 0 Å². The fourth-order valence-electron chi connectivity index (χ4n) is 2.05. The largest absolute Gasteiger partial charge is 0.369 e. The Bertz CT molecular complexity index is 603. The summed E-state index contributed by atoms with van der Waals surface area (Å²) in [5.74, 6) is -6.94. The van der Waals surface area contributed by atoms with Gasteiger partial charge < -0.3 is 10.2 Å². The second-order valence-electron chi connectivity index (χ2n) is 4.67. The van der Waals surface area contributed by atoms with Crippen LogP contribution in [-0.2, 0) is 19.2 Å². The summed E-state index contributed by atoms with van der Waals surface area (Å²) in [5.41, 5.74) is -7.24. The van der Waals surface area contributed by atoms with Crippen LogP contribution in [-0.4, -0.2) is 81.0 Å². The first-order valence-electron chi connectivity index (χ1n) is 5.71. The maximum Gasteiger partial charge on any atom is 0.330 e. The molecule has 2 aliphatic rings. The molecule has 0 spiro atoms. The van der Waals surface area contributed by atoms with Crippen LogP contribution < -0.4 is 10.6 Å². The number of nitrogens with one attached hydrogen (secondary N) is 2. The van der Waals surface area contributed by atoms with Gasteiger partial charge in [0.05, 0.1) is 0 Å². The average Bonchev–Trinajstić information content (AvgIpc) is 2.46. The molecule has 2 heterocycles. The Morgan fingerprint density at radius 2 is 1.00 bits per heavy atom. The van der Waals surface area contributed by atoms with Crippen molar-refractivity contribution in [3.63, 3.8) is 0 Å². The molecule has 0 aromatic rings. The molecule has 8 amide bonds. The number of hydrogen-bond acceptors (Lipinski definition) is 8. The second kappa shape index (κ2) is 4.32. The summed E-state index contributed by atoms with van der Waals surface area (Å²) >= 11 is 0. The summed E-state index contributed by atoms with van der Waals surface area (Å²) in [4.78, 5) is 70.8. The number of aliphatic hydroxyl groups is 2. The van der Waals surface area contributed by atoms with Crippen molar-refractivity contribution in [3.8, 4) is 0 Å². The minimum atomic E-state index is -3.62. The monoisotopic (exact) mass is 314 g/mol. The van der Waals surface area contributed by atoms with Gasteiger partial charge >= 0.3 is 12.1 Å². The van der Waals surface area contributed by atoms with Crippen molar-refractivity contribution in [1.29, 1.82) is 0 Å². The van der Waals surface area contributed by atoms with Gasteiger partial charge in [-0.1, -0.05) is 0 Å². The Morgan fingerprint density at radius 1 is 0.727 bits per heavy atom. The molecule has 118 valence electrons. The molecule has 12 heteroatoms. The predicted octanol–water partition coefficient (Wildman–Crippen LogP) is -4.13. The van der Waals surface area contributed by atoms with Gasteiger partial charge in [-0.2, -0.15) is 0 Å². The zero-order chi connectivity index (χ0) is 17.0. The molecule has 0 aliphatic carbocycles. The Balaban J connectivity index is 2.65. The van der Waals surface area contributed by atoms with Crippen molar-refractivity contribution in [2.75, 3.05) is 14.1 Å². The quantitative estimate of drug-likeness (QED) is 0.353. The number of hydrogen-bond donors (Lipinski definition) is 4. The molecule has 2 aliphatic heterocycles. The van der Waals surface area contributed by atoms with Gasteiger partial charge in [0.2, 0.25) is 0 Å². The first-order valence-corrected chi connectivity index (χ1v) is 5.71. The fourth-order valence-corrected chi connectivity index (χ4v) is 2.05. The van der Waals surface area contributed by atoms with E-state index in [9.17, 15) is 39.0 Å². The first-order chi connectivity index (χ1) is 9.99. The van der Waals surface area contributed by atoms with Crippen LogP contribution in [0.1, 0.15) is 0 Å². The molecule has 2 fully saturated rings. The van der Waals surface area contributed by atoms with Crippen LogP contribution in [0.5, 0.6) is 0 Å². The third kappa shape index (κ3) is 1.52. The number of rotatable bonds is 1. The number of amides is 8. The van der Waals surface area contributed by atoms with Gasteiger partial charge in [0.25, 0.3) is 34.8 Å². The summed E-state index contributed by atoms with van der Waals surface area (Å²) in [6.07, 6.45) is 0. The smallest absolute Gasteiger partial charge is 0.330 e. The standard InChI is InChI=1S/C10H10N4O8/c1-13-5(17)9(21,3(15)11-7(13)19)10(22)4(16)12-8(20)14(2)6(10)18/h21-22H,1-2H3,(H,11,15,19)(H,12,16,20)/t9-,10-/m0/s1. The SMILES string of the molecule is CN1C(=O)NC(=O)[C@@](O)([C@]2(O)C(=O)NC(=O)N(C)C2=O)C1=O. The van der Waals surface area contributed by atoms with E-state index in [4.69, 9.17) is 0 Å². The number of carbonyl (C=O) groups excluding carboxylic acids is 6. The maximum atomic E-state index is 12.1. The van der Waals surface area contributed by atoms with Crippen LogP contribution in [0.25, 0.3) is 0 Å². The lowest BCUT2D eigenvalue weighted by molar-refractivity contribution is -0.203. The number of nitrogens with zero attached hydrogens (tertiary/aromatic N) is 2. The van der Waals surface area contributed by atoms with E-state index in [0.29, 0.717) is 0 Å². The Morgan fingerprint density at radius 3 is 1.27 bits per heavy atom. The average molecular weight is 314 g/mol. The van der Waals surface area contributed by atoms with Crippen molar-refractivity contribution in [2.24, 2.45) is 0 Å². The van der Waals surface area contributed by atoms with Crippen LogP contribution in [0.2, 0.25) is 0 Å². The molecule has 0 unspecified atom stereocenters. The van der Waals surface area contributed by atoms with Crippen molar-refractivity contribution in [1.82, 2.24) is 20.4 Å². The summed E-state index contributed by atoms with van der Waals surface area (Å²) in [6, 6.07) is -2.45. The van der Waals surface area contributed by atoms with E-state index in [2.05, 4.69) is 0 Å². The van der Waals surface area contributed by atoms with Crippen molar-refractivity contribution in [3.05, 3.63) is 0 Å². The lowest BCUT2D eigenvalue weighted by atomic mass is 9.77. The Labute approximate surface area is 121 Å². The number of imide groups is 4. The molecule has 2 saturated heterocycles.